The molecule has 0 spiro atoms. The number of nitrogens with zero attached hydrogens (tertiary/aromatic N) is 4. The van der Waals surface area contributed by atoms with Gasteiger partial charge in [-0.2, -0.15) is 0 Å². The molecule has 1 atom stereocenters. The van der Waals surface area contributed by atoms with Crippen molar-refractivity contribution in [3.05, 3.63) is 59.7 Å². The number of carbonyl (C=O) groups is 1. The predicted octanol–water partition coefficient (Wildman–Crippen LogP) is 3.42. The Bertz CT molecular complexity index is 1230. The smallest absolute Gasteiger partial charge is 0.250 e. The van der Waals surface area contributed by atoms with E-state index in [1.54, 1.807) is 9.47 Å². The summed E-state index contributed by atoms with van der Waals surface area (Å²) in [6.07, 6.45) is 1.43. The minimum absolute atomic E-state index is 0.154. The molecule has 0 bridgehead atoms. The quantitative estimate of drug-likeness (QED) is 0.589. The summed E-state index contributed by atoms with van der Waals surface area (Å²) < 4.78 is 28.6. The third-order valence-electron chi connectivity index (χ3n) is 5.66. The second kappa shape index (κ2) is 8.26. The number of aromatic nitrogens is 3. The Kier molecular flexibility index (Phi) is 5.66. The van der Waals surface area contributed by atoms with Crippen LogP contribution in [0.5, 0.6) is 0 Å². The molecule has 0 aliphatic carbocycles. The molecule has 162 valence electrons. The normalized spacial score (nSPS) is 14.5. The maximum absolute atomic E-state index is 13.5. The summed E-state index contributed by atoms with van der Waals surface area (Å²) in [6, 6.07) is 15.3. The Labute approximate surface area is 182 Å². The molecule has 1 aliphatic heterocycles. The first-order valence-corrected chi connectivity index (χ1v) is 12.0. The number of hydrogen-bond acceptors (Lipinski definition) is 5. The first-order valence-electron chi connectivity index (χ1n) is 10.5. The van der Waals surface area contributed by atoms with Gasteiger partial charge < -0.3 is 4.90 Å². The standard InChI is InChI=1S/C23H26N4O3S/c1-4-13-27-21(19-10-7-8-16(2)15-19)24-25-23(27)31(29,30)17(3)22(28)26-14-12-18-9-5-6-11-20(18)26/h5-11,15,17H,4,12-14H2,1-3H3. The van der Waals surface area contributed by atoms with Crippen LogP contribution in [-0.4, -0.2) is 40.9 Å². The summed E-state index contributed by atoms with van der Waals surface area (Å²) in [5.41, 5.74) is 3.68. The van der Waals surface area contributed by atoms with E-state index in [1.807, 2.05) is 62.4 Å². The molecule has 0 saturated carbocycles. The zero-order chi connectivity index (χ0) is 22.2. The highest BCUT2D eigenvalue weighted by Crippen LogP contribution is 2.30. The Balaban J connectivity index is 1.71. The van der Waals surface area contributed by atoms with Gasteiger partial charge in [0.1, 0.15) is 5.25 Å². The van der Waals surface area contributed by atoms with Crippen LogP contribution in [0, 0.1) is 6.92 Å². The number of amides is 1. The Hall–Kier alpha value is -3.00. The average Bonchev–Trinajstić information content (AvgIpc) is 3.38. The van der Waals surface area contributed by atoms with Crippen molar-refractivity contribution in [3.8, 4) is 11.4 Å². The Morgan fingerprint density at radius 3 is 2.65 bits per heavy atom. The molecule has 1 amide bonds. The average molecular weight is 439 g/mol. The summed E-state index contributed by atoms with van der Waals surface area (Å²) >= 11 is 0. The summed E-state index contributed by atoms with van der Waals surface area (Å²) in [5.74, 6) is 0.0587. The molecule has 0 fully saturated rings. The van der Waals surface area contributed by atoms with Gasteiger partial charge in [0.15, 0.2) is 5.82 Å². The number of fused-ring (bicyclic) bond motifs is 1. The number of hydrogen-bond donors (Lipinski definition) is 0. The summed E-state index contributed by atoms with van der Waals surface area (Å²) in [5, 5.41) is 6.82. The molecule has 0 saturated heterocycles. The van der Waals surface area contributed by atoms with Crippen molar-refractivity contribution in [1.29, 1.82) is 0 Å². The number of aryl methyl sites for hydroxylation is 1. The van der Waals surface area contributed by atoms with Crippen molar-refractivity contribution in [2.45, 2.75) is 50.6 Å². The summed E-state index contributed by atoms with van der Waals surface area (Å²) in [7, 11) is -4.03. The molecule has 8 heteroatoms. The fraction of sp³-hybridized carbons (Fsp3) is 0.348. The maximum atomic E-state index is 13.5. The predicted molar refractivity (Wildman–Crippen MR) is 120 cm³/mol. The lowest BCUT2D eigenvalue weighted by atomic mass is 10.1. The Morgan fingerprint density at radius 2 is 1.90 bits per heavy atom. The molecule has 2 heterocycles. The van der Waals surface area contributed by atoms with E-state index in [-0.39, 0.29) is 5.16 Å². The van der Waals surface area contributed by atoms with Crippen molar-refractivity contribution >= 4 is 21.4 Å². The second-order valence-corrected chi connectivity index (χ2v) is 10.0. The minimum atomic E-state index is -4.03. The van der Waals surface area contributed by atoms with E-state index in [1.165, 1.54) is 6.92 Å². The van der Waals surface area contributed by atoms with E-state index >= 15 is 0 Å². The van der Waals surface area contributed by atoms with E-state index in [2.05, 4.69) is 10.2 Å². The van der Waals surface area contributed by atoms with Gasteiger partial charge in [-0.3, -0.25) is 9.36 Å². The number of sulfone groups is 1. The van der Waals surface area contributed by atoms with Gasteiger partial charge in [0, 0.05) is 24.3 Å². The van der Waals surface area contributed by atoms with Crippen LogP contribution in [-0.2, 0) is 27.6 Å². The minimum Gasteiger partial charge on any atom is -0.311 e. The van der Waals surface area contributed by atoms with Gasteiger partial charge in [0.2, 0.25) is 15.7 Å². The van der Waals surface area contributed by atoms with E-state index < -0.39 is 21.0 Å². The highest BCUT2D eigenvalue weighted by molar-refractivity contribution is 7.92. The van der Waals surface area contributed by atoms with Gasteiger partial charge in [0.25, 0.3) is 5.16 Å². The molecule has 1 unspecified atom stereocenters. The Morgan fingerprint density at radius 1 is 1.13 bits per heavy atom. The molecular formula is C23H26N4O3S. The molecule has 2 aromatic carbocycles. The first kappa shape index (κ1) is 21.2. The fourth-order valence-corrected chi connectivity index (χ4v) is 5.35. The number of rotatable bonds is 6. The molecule has 1 aliphatic rings. The monoisotopic (exact) mass is 438 g/mol. The van der Waals surface area contributed by atoms with Gasteiger partial charge >= 0.3 is 0 Å². The lowest BCUT2D eigenvalue weighted by molar-refractivity contribution is -0.117. The fourth-order valence-electron chi connectivity index (χ4n) is 4.00. The van der Waals surface area contributed by atoms with Crippen molar-refractivity contribution in [1.82, 2.24) is 14.8 Å². The van der Waals surface area contributed by atoms with Crippen molar-refractivity contribution in [2.75, 3.05) is 11.4 Å². The maximum Gasteiger partial charge on any atom is 0.250 e. The van der Waals surface area contributed by atoms with Crippen LogP contribution < -0.4 is 4.90 Å². The molecule has 4 rings (SSSR count). The largest absolute Gasteiger partial charge is 0.311 e. The zero-order valence-corrected chi connectivity index (χ0v) is 18.8. The van der Waals surface area contributed by atoms with Gasteiger partial charge in [0.05, 0.1) is 0 Å². The third kappa shape index (κ3) is 3.76. The van der Waals surface area contributed by atoms with Gasteiger partial charge in [-0.05, 0) is 44.4 Å². The number of para-hydroxylation sites is 1. The highest BCUT2D eigenvalue weighted by Gasteiger charge is 2.39. The number of anilines is 1. The van der Waals surface area contributed by atoms with Crippen molar-refractivity contribution in [2.24, 2.45) is 0 Å². The number of carbonyl (C=O) groups excluding carboxylic acids is 1. The second-order valence-electron chi connectivity index (χ2n) is 7.88. The van der Waals surface area contributed by atoms with Crippen LogP contribution in [0.2, 0.25) is 0 Å². The molecule has 1 aromatic heterocycles. The lowest BCUT2D eigenvalue weighted by Gasteiger charge is -2.21. The van der Waals surface area contributed by atoms with Crippen molar-refractivity contribution in [3.63, 3.8) is 0 Å². The third-order valence-corrected chi connectivity index (χ3v) is 7.60. The van der Waals surface area contributed by atoms with Crippen LogP contribution in [0.25, 0.3) is 11.4 Å². The van der Waals surface area contributed by atoms with E-state index in [4.69, 9.17) is 0 Å². The van der Waals surface area contributed by atoms with Gasteiger partial charge in [-0.25, -0.2) is 8.42 Å². The highest BCUT2D eigenvalue weighted by atomic mass is 32.2. The van der Waals surface area contributed by atoms with E-state index in [9.17, 15) is 13.2 Å². The molecule has 3 aromatic rings. The van der Waals surface area contributed by atoms with Crippen molar-refractivity contribution < 1.29 is 13.2 Å². The van der Waals surface area contributed by atoms with E-state index in [0.717, 1.165) is 28.8 Å². The summed E-state index contributed by atoms with van der Waals surface area (Å²) in [6.45, 7) is 6.30. The topological polar surface area (TPSA) is 85.2 Å². The van der Waals surface area contributed by atoms with Gasteiger partial charge in [-0.15, -0.1) is 10.2 Å². The van der Waals surface area contributed by atoms with Crippen LogP contribution in [0.3, 0.4) is 0 Å². The van der Waals surface area contributed by atoms with Gasteiger partial charge in [-0.1, -0.05) is 48.9 Å². The molecular weight excluding hydrogens is 412 g/mol. The lowest BCUT2D eigenvalue weighted by Crippen LogP contribution is -2.41. The van der Waals surface area contributed by atoms with E-state index in [0.29, 0.717) is 25.3 Å². The first-order chi connectivity index (χ1) is 14.8. The van der Waals surface area contributed by atoms with Crippen LogP contribution >= 0.6 is 0 Å². The zero-order valence-electron chi connectivity index (χ0n) is 17.9. The molecule has 0 radical (unpaired) electrons. The SMILES string of the molecule is CCCn1c(-c2cccc(C)c2)nnc1S(=O)(=O)C(C)C(=O)N1CCc2ccccc21. The summed E-state index contributed by atoms with van der Waals surface area (Å²) in [4.78, 5) is 14.8. The molecule has 31 heavy (non-hydrogen) atoms. The van der Waals surface area contributed by atoms with Crippen LogP contribution in [0.15, 0.2) is 53.7 Å². The molecule has 7 nitrogen and oxygen atoms in total. The molecule has 0 N–H and O–H groups in total. The van der Waals surface area contributed by atoms with Crippen LogP contribution in [0.1, 0.15) is 31.4 Å². The number of benzene rings is 2. The van der Waals surface area contributed by atoms with Crippen LogP contribution in [0.4, 0.5) is 5.69 Å².